The molecule has 0 aromatic heterocycles. The number of ether oxygens (including phenoxy) is 1. The second-order valence-corrected chi connectivity index (χ2v) is 8.05. The lowest BCUT2D eigenvalue weighted by Gasteiger charge is -2.53. The zero-order valence-corrected chi connectivity index (χ0v) is 15.2. The smallest absolute Gasteiger partial charge is 0.311 e. The lowest BCUT2D eigenvalue weighted by Crippen LogP contribution is -2.53. The number of benzene rings is 1. The second-order valence-electron chi connectivity index (χ2n) is 8.05. The van der Waals surface area contributed by atoms with Gasteiger partial charge in [0.25, 0.3) is 0 Å². The van der Waals surface area contributed by atoms with Crippen LogP contribution in [0.4, 0.5) is 0 Å². The van der Waals surface area contributed by atoms with Gasteiger partial charge in [0, 0.05) is 14.7 Å². The Balaban J connectivity index is 2.28. The summed E-state index contributed by atoms with van der Waals surface area (Å²) >= 11 is 0. The SMILES string of the molecule is [2H]C1([2H])C(=O)c2cc(C(C)C)ccc2[C@@]2(C)CCC[C@@](C)(C(=O)OC)C12. The number of carbonyl (C=O) groups excluding carboxylic acids is 2. The molecule has 24 heavy (non-hydrogen) atoms. The van der Waals surface area contributed by atoms with Gasteiger partial charge in [-0.15, -0.1) is 0 Å². The first-order valence-corrected chi connectivity index (χ1v) is 8.78. The molecule has 1 aromatic rings. The Labute approximate surface area is 147 Å². The fourth-order valence-corrected chi connectivity index (χ4v) is 4.69. The molecular weight excluding hydrogens is 300 g/mol. The van der Waals surface area contributed by atoms with Crippen LogP contribution in [0.5, 0.6) is 0 Å². The van der Waals surface area contributed by atoms with Crippen LogP contribution in [0.2, 0.25) is 0 Å². The van der Waals surface area contributed by atoms with Crippen LogP contribution in [0, 0.1) is 11.3 Å². The largest absolute Gasteiger partial charge is 0.469 e. The van der Waals surface area contributed by atoms with E-state index in [1.807, 2.05) is 25.1 Å². The monoisotopic (exact) mass is 330 g/mol. The highest BCUT2D eigenvalue weighted by Gasteiger charge is 2.57. The van der Waals surface area contributed by atoms with Crippen LogP contribution < -0.4 is 0 Å². The van der Waals surface area contributed by atoms with Crippen molar-refractivity contribution in [1.29, 1.82) is 0 Å². The van der Waals surface area contributed by atoms with Crippen LogP contribution in [-0.2, 0) is 14.9 Å². The summed E-state index contributed by atoms with van der Waals surface area (Å²) in [5, 5.41) is 0. The zero-order valence-electron chi connectivity index (χ0n) is 17.2. The van der Waals surface area contributed by atoms with Crippen LogP contribution in [0.3, 0.4) is 0 Å². The first kappa shape index (κ1) is 14.7. The molecule has 1 fully saturated rings. The highest BCUT2D eigenvalue weighted by molar-refractivity contribution is 6.00. The highest BCUT2D eigenvalue weighted by Crippen LogP contribution is 2.57. The van der Waals surface area contributed by atoms with Gasteiger partial charge in [0.15, 0.2) is 5.78 Å². The van der Waals surface area contributed by atoms with Gasteiger partial charge in [0.05, 0.1) is 12.5 Å². The van der Waals surface area contributed by atoms with Crippen molar-refractivity contribution in [3.8, 4) is 0 Å². The molecule has 1 aromatic carbocycles. The first-order valence-electron chi connectivity index (χ1n) is 9.78. The predicted molar refractivity (Wildman–Crippen MR) is 94.3 cm³/mol. The van der Waals surface area contributed by atoms with Crippen molar-refractivity contribution in [3.63, 3.8) is 0 Å². The molecule has 0 radical (unpaired) electrons. The van der Waals surface area contributed by atoms with Crippen molar-refractivity contribution >= 4 is 11.8 Å². The fraction of sp³-hybridized carbons (Fsp3) is 0.619. The van der Waals surface area contributed by atoms with Gasteiger partial charge in [-0.05, 0) is 54.2 Å². The number of methoxy groups -OCH3 is 1. The van der Waals surface area contributed by atoms with E-state index >= 15 is 0 Å². The normalized spacial score (nSPS) is 35.6. The molecule has 2 aliphatic carbocycles. The molecule has 3 atom stereocenters. The number of carbonyl (C=O) groups is 2. The molecule has 3 nitrogen and oxygen atoms in total. The summed E-state index contributed by atoms with van der Waals surface area (Å²) in [5.41, 5.74) is 0.788. The summed E-state index contributed by atoms with van der Waals surface area (Å²) in [5.74, 6) is -1.41. The molecule has 1 saturated carbocycles. The highest BCUT2D eigenvalue weighted by atomic mass is 16.5. The summed E-state index contributed by atoms with van der Waals surface area (Å²) in [7, 11) is 1.34. The van der Waals surface area contributed by atoms with Crippen molar-refractivity contribution in [2.75, 3.05) is 7.11 Å². The fourth-order valence-electron chi connectivity index (χ4n) is 4.69. The number of hydrogen-bond donors (Lipinski definition) is 0. The molecule has 0 N–H and O–H groups in total. The molecule has 3 heteroatoms. The molecule has 0 spiro atoms. The Hall–Kier alpha value is -1.64. The van der Waals surface area contributed by atoms with Crippen molar-refractivity contribution in [3.05, 3.63) is 34.9 Å². The van der Waals surface area contributed by atoms with Crippen molar-refractivity contribution in [2.24, 2.45) is 11.3 Å². The van der Waals surface area contributed by atoms with Crippen LogP contribution in [0.15, 0.2) is 18.2 Å². The maximum Gasteiger partial charge on any atom is 0.311 e. The summed E-state index contributed by atoms with van der Waals surface area (Å²) in [6.07, 6.45) is -0.0217. The van der Waals surface area contributed by atoms with Crippen molar-refractivity contribution in [2.45, 2.75) is 64.7 Å². The quantitative estimate of drug-likeness (QED) is 0.742. The Morgan fingerprint density at radius 2 is 2.04 bits per heavy atom. The van der Waals surface area contributed by atoms with Gasteiger partial charge in [-0.3, -0.25) is 9.59 Å². The summed E-state index contributed by atoms with van der Waals surface area (Å²) in [6.45, 7) is 7.89. The minimum atomic E-state index is -2.11. The second kappa shape index (κ2) is 5.72. The predicted octanol–water partition coefficient (Wildman–Crippen LogP) is 4.63. The van der Waals surface area contributed by atoms with Gasteiger partial charge in [-0.25, -0.2) is 0 Å². The molecule has 130 valence electrons. The van der Waals surface area contributed by atoms with Crippen molar-refractivity contribution < 1.29 is 17.1 Å². The average Bonchev–Trinajstić information content (AvgIpc) is 2.58. The minimum absolute atomic E-state index is 0.260. The summed E-state index contributed by atoms with van der Waals surface area (Å²) in [4.78, 5) is 25.8. The Kier molecular flexibility index (Phi) is 3.50. The van der Waals surface area contributed by atoms with Gasteiger partial charge in [-0.1, -0.05) is 39.3 Å². The molecule has 0 bridgehead atoms. The van der Waals surface area contributed by atoms with E-state index in [1.54, 1.807) is 6.92 Å². The maximum atomic E-state index is 13.2. The Morgan fingerprint density at radius 1 is 1.33 bits per heavy atom. The third kappa shape index (κ3) is 2.32. The molecule has 2 aliphatic rings. The van der Waals surface area contributed by atoms with Crippen LogP contribution in [0.1, 0.15) is 83.5 Å². The molecule has 0 aliphatic heterocycles. The number of Topliss-reactive ketones (excluding diaryl/α,β-unsaturated/α-hetero) is 1. The van der Waals surface area contributed by atoms with Gasteiger partial charge < -0.3 is 4.74 Å². The van der Waals surface area contributed by atoms with E-state index in [4.69, 9.17) is 7.48 Å². The first-order chi connectivity index (χ1) is 12.0. The number of hydrogen-bond acceptors (Lipinski definition) is 3. The van der Waals surface area contributed by atoms with E-state index in [1.165, 1.54) is 7.11 Å². The Morgan fingerprint density at radius 3 is 2.67 bits per heavy atom. The Bertz CT molecular complexity index is 771. The van der Waals surface area contributed by atoms with Crippen LogP contribution in [-0.4, -0.2) is 18.9 Å². The van der Waals surface area contributed by atoms with Crippen molar-refractivity contribution in [1.82, 2.24) is 0 Å². The van der Waals surface area contributed by atoms with Crippen LogP contribution >= 0.6 is 0 Å². The van der Waals surface area contributed by atoms with Gasteiger partial charge >= 0.3 is 5.97 Å². The molecule has 0 saturated heterocycles. The number of esters is 1. The molecular formula is C21H28O3. The molecule has 3 rings (SSSR count). The summed E-state index contributed by atoms with van der Waals surface area (Å²) < 4.78 is 22.5. The van der Waals surface area contributed by atoms with E-state index in [0.29, 0.717) is 12.0 Å². The average molecular weight is 330 g/mol. The van der Waals surface area contributed by atoms with E-state index in [9.17, 15) is 9.59 Å². The number of rotatable bonds is 2. The standard InChI is InChI=1S/C21H28O3/c1-13(2)14-7-8-16-15(11-14)17(22)12-18-20(16,3)9-6-10-21(18,4)19(23)24-5/h7-8,11,13,18H,6,9-10,12H2,1-5H3/t18?,20-,21-/m1/s1/i12D2. The van der Waals surface area contributed by atoms with E-state index in [-0.39, 0.29) is 5.92 Å². The zero-order chi connectivity index (χ0) is 19.5. The molecule has 0 heterocycles. The number of fused-ring (bicyclic) bond motifs is 3. The van der Waals surface area contributed by atoms with E-state index in [0.717, 1.165) is 24.0 Å². The minimum Gasteiger partial charge on any atom is -0.469 e. The van der Waals surface area contributed by atoms with E-state index in [2.05, 4.69) is 13.8 Å². The van der Waals surface area contributed by atoms with Gasteiger partial charge in [-0.2, -0.15) is 0 Å². The maximum absolute atomic E-state index is 13.2. The summed E-state index contributed by atoms with van der Waals surface area (Å²) in [6, 6.07) is 5.86. The topological polar surface area (TPSA) is 43.4 Å². The van der Waals surface area contributed by atoms with Crippen LogP contribution in [0.25, 0.3) is 0 Å². The molecule has 1 unspecified atom stereocenters. The lowest BCUT2D eigenvalue weighted by atomic mass is 9.49. The van der Waals surface area contributed by atoms with E-state index < -0.39 is 34.9 Å². The number of ketones is 1. The third-order valence-electron chi connectivity index (χ3n) is 6.16. The third-order valence-corrected chi connectivity index (χ3v) is 6.16. The lowest BCUT2D eigenvalue weighted by molar-refractivity contribution is -0.160. The molecule has 0 amide bonds. The van der Waals surface area contributed by atoms with Gasteiger partial charge in [0.1, 0.15) is 0 Å². The van der Waals surface area contributed by atoms with Gasteiger partial charge in [0.2, 0.25) is 0 Å².